The number of amidine groups is 1. The lowest BCUT2D eigenvalue weighted by atomic mass is 10.1. The maximum absolute atomic E-state index is 13.4. The van der Waals surface area contributed by atoms with E-state index in [4.69, 9.17) is 21.7 Å². The first-order valence-electron chi connectivity index (χ1n) is 11.4. The number of benzene rings is 3. The zero-order valence-electron chi connectivity index (χ0n) is 19.6. The van der Waals surface area contributed by atoms with Crippen molar-refractivity contribution in [2.75, 3.05) is 6.54 Å². The molecule has 1 aliphatic heterocycles. The van der Waals surface area contributed by atoms with Crippen LogP contribution in [-0.4, -0.2) is 32.3 Å². The van der Waals surface area contributed by atoms with Gasteiger partial charge in [-0.25, -0.2) is 9.67 Å². The minimum absolute atomic E-state index is 0.111. The van der Waals surface area contributed by atoms with Crippen molar-refractivity contribution in [1.29, 1.82) is 0 Å². The molecule has 1 amide bonds. The molecule has 0 radical (unpaired) electrons. The molecule has 5 rings (SSSR count). The summed E-state index contributed by atoms with van der Waals surface area (Å²) in [5.41, 5.74) is 5.38. The quantitative estimate of drug-likeness (QED) is 0.202. The molecule has 0 unspecified atom stereocenters. The normalized spacial score (nSPS) is 15.7. The average Bonchev–Trinajstić information content (AvgIpc) is 3.44. The molecule has 2 heterocycles. The average molecular weight is 511 g/mol. The zero-order chi connectivity index (χ0) is 25.1. The number of hydrogen-bond donors (Lipinski definition) is 0. The molecule has 1 fully saturated rings. The van der Waals surface area contributed by atoms with Crippen molar-refractivity contribution in [1.82, 2.24) is 14.7 Å². The lowest BCUT2D eigenvalue weighted by Gasteiger charge is -2.12. The molecule has 0 bridgehead atoms. The van der Waals surface area contributed by atoms with Crippen LogP contribution in [0.2, 0.25) is 5.02 Å². The van der Waals surface area contributed by atoms with Crippen molar-refractivity contribution in [2.24, 2.45) is 4.99 Å². The summed E-state index contributed by atoms with van der Waals surface area (Å²) in [5.74, 6) is -0.111. The minimum atomic E-state index is -0.111. The van der Waals surface area contributed by atoms with Gasteiger partial charge in [0, 0.05) is 28.9 Å². The van der Waals surface area contributed by atoms with Crippen LogP contribution in [0.4, 0.5) is 5.69 Å². The first kappa shape index (κ1) is 23.9. The second-order valence-corrected chi connectivity index (χ2v) is 9.71. The van der Waals surface area contributed by atoms with Gasteiger partial charge >= 0.3 is 0 Å². The van der Waals surface area contributed by atoms with E-state index in [0.717, 1.165) is 33.8 Å². The number of para-hydroxylation sites is 1. The number of aromatic nitrogens is 2. The Labute approximate surface area is 219 Å². The van der Waals surface area contributed by atoms with Crippen molar-refractivity contribution in [2.45, 2.75) is 6.92 Å². The van der Waals surface area contributed by atoms with Crippen LogP contribution in [-0.2, 0) is 4.79 Å². The zero-order valence-corrected chi connectivity index (χ0v) is 21.2. The molecular formula is C29H23ClN4OS. The fourth-order valence-electron chi connectivity index (χ4n) is 3.79. The first-order valence-corrected chi connectivity index (χ1v) is 12.6. The number of nitrogens with zero attached hydrogens (tertiary/aromatic N) is 4. The molecule has 1 aliphatic rings. The molecule has 178 valence electrons. The molecule has 0 N–H and O–H groups in total. The summed E-state index contributed by atoms with van der Waals surface area (Å²) in [6, 6.07) is 25.3. The SMILES string of the molecule is C=CCN1C(=O)C(=Cc2cn(-c3ccccc3)nc2-c2ccc(Cl)cc2)SC1=Nc1ccc(C)cc1. The minimum Gasteiger partial charge on any atom is -0.283 e. The monoisotopic (exact) mass is 510 g/mol. The van der Waals surface area contributed by atoms with Gasteiger partial charge in [0.25, 0.3) is 5.91 Å². The topological polar surface area (TPSA) is 50.5 Å². The number of halogens is 1. The Morgan fingerprint density at radius 1 is 1.03 bits per heavy atom. The predicted octanol–water partition coefficient (Wildman–Crippen LogP) is 7.29. The predicted molar refractivity (Wildman–Crippen MR) is 150 cm³/mol. The van der Waals surface area contributed by atoms with E-state index in [2.05, 4.69) is 6.58 Å². The van der Waals surface area contributed by atoms with Gasteiger partial charge in [0.2, 0.25) is 0 Å². The van der Waals surface area contributed by atoms with E-state index < -0.39 is 0 Å². The number of hydrogen-bond acceptors (Lipinski definition) is 4. The van der Waals surface area contributed by atoms with Gasteiger partial charge in [-0.05, 0) is 61.2 Å². The summed E-state index contributed by atoms with van der Waals surface area (Å²) < 4.78 is 1.82. The number of thioether (sulfide) groups is 1. The van der Waals surface area contributed by atoms with Gasteiger partial charge in [-0.1, -0.05) is 65.7 Å². The molecule has 0 saturated carbocycles. The molecule has 0 aliphatic carbocycles. The van der Waals surface area contributed by atoms with Crippen molar-refractivity contribution in [3.05, 3.63) is 119 Å². The third-order valence-corrected chi connectivity index (χ3v) is 6.88. The third kappa shape index (κ3) is 5.05. The number of aliphatic imine (C=N–C) groups is 1. The highest BCUT2D eigenvalue weighted by molar-refractivity contribution is 8.18. The number of rotatable bonds is 6. The van der Waals surface area contributed by atoms with E-state index in [9.17, 15) is 4.79 Å². The molecule has 0 atom stereocenters. The highest BCUT2D eigenvalue weighted by Gasteiger charge is 2.33. The van der Waals surface area contributed by atoms with Gasteiger partial charge in [0.1, 0.15) is 0 Å². The van der Waals surface area contributed by atoms with E-state index in [1.54, 1.807) is 11.0 Å². The molecule has 5 nitrogen and oxygen atoms in total. The summed E-state index contributed by atoms with van der Waals surface area (Å²) in [5, 5.41) is 6.12. The third-order valence-electron chi connectivity index (χ3n) is 5.63. The van der Waals surface area contributed by atoms with Crippen LogP contribution >= 0.6 is 23.4 Å². The van der Waals surface area contributed by atoms with Gasteiger partial charge < -0.3 is 0 Å². The molecular weight excluding hydrogens is 488 g/mol. The largest absolute Gasteiger partial charge is 0.283 e. The molecule has 1 saturated heterocycles. The molecule has 1 aromatic heterocycles. The van der Waals surface area contributed by atoms with Crippen LogP contribution in [0.3, 0.4) is 0 Å². The summed E-state index contributed by atoms with van der Waals surface area (Å²) in [7, 11) is 0. The number of aryl methyl sites for hydroxylation is 1. The Morgan fingerprint density at radius 2 is 1.75 bits per heavy atom. The Bertz CT molecular complexity index is 1470. The lowest BCUT2D eigenvalue weighted by Crippen LogP contribution is -2.29. The van der Waals surface area contributed by atoms with Crippen LogP contribution in [0.25, 0.3) is 23.0 Å². The van der Waals surface area contributed by atoms with E-state index in [1.165, 1.54) is 11.8 Å². The highest BCUT2D eigenvalue weighted by Crippen LogP contribution is 2.36. The van der Waals surface area contributed by atoms with E-state index >= 15 is 0 Å². The first-order chi connectivity index (χ1) is 17.5. The summed E-state index contributed by atoms with van der Waals surface area (Å²) >= 11 is 7.47. The highest BCUT2D eigenvalue weighted by atomic mass is 35.5. The van der Waals surface area contributed by atoms with E-state index in [1.807, 2.05) is 103 Å². The number of carbonyl (C=O) groups is 1. The van der Waals surface area contributed by atoms with Crippen LogP contribution in [0, 0.1) is 6.92 Å². The molecule has 3 aromatic carbocycles. The smallest absolute Gasteiger partial charge is 0.267 e. The van der Waals surface area contributed by atoms with Crippen LogP contribution < -0.4 is 0 Å². The standard InChI is InChI=1S/C29H23ClN4OS/c1-3-17-33-28(35)26(36-29(33)31-24-15-9-20(2)10-16-24)18-22-19-34(25-7-5-4-6-8-25)32-27(22)21-11-13-23(30)14-12-21/h3-16,18-19H,1,17H2,2H3. The van der Waals surface area contributed by atoms with Crippen molar-refractivity contribution < 1.29 is 4.79 Å². The fourth-order valence-corrected chi connectivity index (χ4v) is 4.92. The fraction of sp³-hybridized carbons (Fsp3) is 0.0690. The Balaban J connectivity index is 1.57. The Hall–Kier alpha value is -3.87. The summed E-state index contributed by atoms with van der Waals surface area (Å²) in [6.07, 6.45) is 5.53. The molecule has 36 heavy (non-hydrogen) atoms. The van der Waals surface area contributed by atoms with E-state index in [0.29, 0.717) is 21.6 Å². The van der Waals surface area contributed by atoms with Gasteiger partial charge in [0.15, 0.2) is 5.17 Å². The van der Waals surface area contributed by atoms with Crippen molar-refractivity contribution in [3.63, 3.8) is 0 Å². The van der Waals surface area contributed by atoms with E-state index in [-0.39, 0.29) is 5.91 Å². The van der Waals surface area contributed by atoms with Crippen LogP contribution in [0.15, 0.2) is 108 Å². The maximum atomic E-state index is 13.4. The molecule has 0 spiro atoms. The van der Waals surface area contributed by atoms with Gasteiger partial charge in [-0.15, -0.1) is 6.58 Å². The Morgan fingerprint density at radius 3 is 2.44 bits per heavy atom. The van der Waals surface area contributed by atoms with Crippen LogP contribution in [0.5, 0.6) is 0 Å². The second kappa shape index (κ2) is 10.4. The number of amides is 1. The summed E-state index contributed by atoms with van der Waals surface area (Å²) in [6.45, 7) is 6.22. The Kier molecular flexibility index (Phi) is 6.89. The van der Waals surface area contributed by atoms with Crippen molar-refractivity contribution in [3.8, 4) is 16.9 Å². The number of carbonyl (C=O) groups excluding carboxylic acids is 1. The van der Waals surface area contributed by atoms with Gasteiger partial charge in [-0.3, -0.25) is 9.69 Å². The van der Waals surface area contributed by atoms with Crippen LogP contribution in [0.1, 0.15) is 11.1 Å². The van der Waals surface area contributed by atoms with Crippen molar-refractivity contribution >= 4 is 46.2 Å². The lowest BCUT2D eigenvalue weighted by molar-refractivity contribution is -0.121. The second-order valence-electron chi connectivity index (χ2n) is 8.27. The molecule has 7 heteroatoms. The van der Waals surface area contributed by atoms with Gasteiger partial charge in [-0.2, -0.15) is 5.10 Å². The summed E-state index contributed by atoms with van der Waals surface area (Å²) in [4.78, 5) is 20.4. The maximum Gasteiger partial charge on any atom is 0.267 e. The molecule has 4 aromatic rings. The van der Waals surface area contributed by atoms with Gasteiger partial charge in [0.05, 0.1) is 22.0 Å².